The number of thioether (sulfide) groups is 1. The summed E-state index contributed by atoms with van der Waals surface area (Å²) in [7, 11) is 3.15. The lowest BCUT2D eigenvalue weighted by atomic mass is 10.2. The van der Waals surface area contributed by atoms with E-state index in [1.54, 1.807) is 32.4 Å². The molecule has 122 valence electrons. The molecule has 5 nitrogen and oxygen atoms in total. The summed E-state index contributed by atoms with van der Waals surface area (Å²) in [6, 6.07) is 14.6. The number of hydrogen-bond donors (Lipinski definition) is 1. The van der Waals surface area contributed by atoms with Gasteiger partial charge in [0.25, 0.3) is 5.91 Å². The van der Waals surface area contributed by atoms with E-state index in [4.69, 9.17) is 14.9 Å². The molecular formula is C18H16N2O3S. The van der Waals surface area contributed by atoms with Crippen molar-refractivity contribution in [3.8, 4) is 11.5 Å². The average molecular weight is 340 g/mol. The zero-order chi connectivity index (χ0) is 17.1. The van der Waals surface area contributed by atoms with Crippen molar-refractivity contribution in [3.63, 3.8) is 0 Å². The highest BCUT2D eigenvalue weighted by Gasteiger charge is 2.35. The van der Waals surface area contributed by atoms with Gasteiger partial charge in [-0.25, -0.2) is 0 Å². The Kier molecular flexibility index (Phi) is 4.57. The Morgan fingerprint density at radius 2 is 1.75 bits per heavy atom. The van der Waals surface area contributed by atoms with Crippen LogP contribution in [0.4, 0.5) is 5.69 Å². The molecular weight excluding hydrogens is 324 g/mol. The molecule has 0 unspecified atom stereocenters. The van der Waals surface area contributed by atoms with Gasteiger partial charge >= 0.3 is 0 Å². The Morgan fingerprint density at radius 1 is 1.04 bits per heavy atom. The molecule has 1 aliphatic heterocycles. The summed E-state index contributed by atoms with van der Waals surface area (Å²) < 4.78 is 10.4. The minimum absolute atomic E-state index is 0.157. The van der Waals surface area contributed by atoms with Crippen molar-refractivity contribution in [3.05, 3.63) is 59.0 Å². The standard InChI is InChI=1S/C18H16N2O3S/c1-22-13-9-7-12(8-10-13)11-16-17(21)20(18(19)24-16)14-5-3-4-6-15(14)23-2/h3-11,19H,1-2H3. The van der Waals surface area contributed by atoms with Gasteiger partial charge in [0.05, 0.1) is 24.8 Å². The van der Waals surface area contributed by atoms with Gasteiger partial charge in [0.2, 0.25) is 0 Å². The molecule has 1 N–H and O–H groups in total. The van der Waals surface area contributed by atoms with Gasteiger partial charge in [-0.2, -0.15) is 0 Å². The van der Waals surface area contributed by atoms with Crippen LogP contribution in [0.3, 0.4) is 0 Å². The lowest BCUT2D eigenvalue weighted by molar-refractivity contribution is -0.113. The summed E-state index contributed by atoms with van der Waals surface area (Å²) >= 11 is 1.13. The van der Waals surface area contributed by atoms with E-state index in [1.807, 2.05) is 36.4 Å². The molecule has 2 aromatic rings. The van der Waals surface area contributed by atoms with Gasteiger partial charge in [-0.15, -0.1) is 0 Å². The van der Waals surface area contributed by atoms with Gasteiger partial charge in [0, 0.05) is 0 Å². The van der Waals surface area contributed by atoms with Gasteiger partial charge in [-0.1, -0.05) is 24.3 Å². The first-order valence-corrected chi connectivity index (χ1v) is 8.05. The van der Waals surface area contributed by atoms with Crippen LogP contribution in [-0.4, -0.2) is 25.3 Å². The highest BCUT2D eigenvalue weighted by atomic mass is 32.2. The van der Waals surface area contributed by atoms with Crippen LogP contribution in [-0.2, 0) is 4.79 Å². The van der Waals surface area contributed by atoms with Crippen LogP contribution < -0.4 is 14.4 Å². The van der Waals surface area contributed by atoms with E-state index in [-0.39, 0.29) is 11.1 Å². The Hall–Kier alpha value is -2.73. The number of benzene rings is 2. The Balaban J connectivity index is 1.92. The molecule has 3 rings (SSSR count). The molecule has 0 saturated carbocycles. The molecule has 1 saturated heterocycles. The predicted molar refractivity (Wildman–Crippen MR) is 96.8 cm³/mol. The minimum atomic E-state index is -0.231. The number of methoxy groups -OCH3 is 2. The zero-order valence-corrected chi connectivity index (χ0v) is 14.1. The van der Waals surface area contributed by atoms with Gasteiger partial charge in [0.1, 0.15) is 11.5 Å². The fourth-order valence-corrected chi connectivity index (χ4v) is 3.23. The highest BCUT2D eigenvalue weighted by molar-refractivity contribution is 8.19. The number of nitrogens with zero attached hydrogens (tertiary/aromatic N) is 1. The molecule has 0 spiro atoms. The number of carbonyl (C=O) groups is 1. The second-order valence-electron chi connectivity index (χ2n) is 5.00. The normalized spacial score (nSPS) is 15.9. The third-order valence-electron chi connectivity index (χ3n) is 3.56. The highest BCUT2D eigenvalue weighted by Crippen LogP contribution is 2.39. The lowest BCUT2D eigenvalue weighted by Crippen LogP contribution is -2.28. The number of para-hydroxylation sites is 2. The van der Waals surface area contributed by atoms with E-state index in [2.05, 4.69) is 0 Å². The third kappa shape index (κ3) is 3.00. The van der Waals surface area contributed by atoms with Crippen LogP contribution in [0.2, 0.25) is 0 Å². The Bertz CT molecular complexity index is 815. The van der Waals surface area contributed by atoms with Gasteiger partial charge in [0.15, 0.2) is 5.17 Å². The maximum Gasteiger partial charge on any atom is 0.271 e. The first kappa shape index (κ1) is 16.1. The van der Waals surface area contributed by atoms with Crippen LogP contribution in [0, 0.1) is 5.41 Å². The quantitative estimate of drug-likeness (QED) is 0.861. The van der Waals surface area contributed by atoms with Crippen molar-refractivity contribution < 1.29 is 14.3 Å². The van der Waals surface area contributed by atoms with E-state index < -0.39 is 0 Å². The van der Waals surface area contributed by atoms with Gasteiger partial charge in [-0.3, -0.25) is 15.1 Å². The summed E-state index contributed by atoms with van der Waals surface area (Å²) in [5.74, 6) is 1.08. The van der Waals surface area contributed by atoms with Crippen LogP contribution in [0.25, 0.3) is 6.08 Å². The lowest BCUT2D eigenvalue weighted by Gasteiger charge is -2.17. The molecule has 1 aliphatic rings. The molecule has 2 aromatic carbocycles. The molecule has 24 heavy (non-hydrogen) atoms. The van der Waals surface area contributed by atoms with E-state index in [1.165, 1.54) is 4.90 Å². The molecule has 1 amide bonds. The Labute approximate surface area is 144 Å². The summed E-state index contributed by atoms with van der Waals surface area (Å²) in [5.41, 5.74) is 1.45. The fourth-order valence-electron chi connectivity index (χ4n) is 2.37. The first-order chi connectivity index (χ1) is 11.6. The van der Waals surface area contributed by atoms with E-state index in [9.17, 15) is 4.79 Å². The number of amides is 1. The predicted octanol–water partition coefficient (Wildman–Crippen LogP) is 3.76. The first-order valence-electron chi connectivity index (χ1n) is 7.23. The number of anilines is 1. The van der Waals surface area contributed by atoms with Crippen LogP contribution in [0.5, 0.6) is 11.5 Å². The number of rotatable bonds is 4. The minimum Gasteiger partial charge on any atom is -0.497 e. The van der Waals surface area contributed by atoms with Crippen LogP contribution >= 0.6 is 11.8 Å². The van der Waals surface area contributed by atoms with Gasteiger partial charge < -0.3 is 9.47 Å². The second kappa shape index (κ2) is 6.80. The SMILES string of the molecule is COc1ccc(C=C2SC(=N)N(c3ccccc3OC)C2=O)cc1. The molecule has 0 atom stereocenters. The average Bonchev–Trinajstić information content (AvgIpc) is 2.89. The summed E-state index contributed by atoms with van der Waals surface area (Å²) in [6.45, 7) is 0. The van der Waals surface area contributed by atoms with Crippen LogP contribution in [0.15, 0.2) is 53.4 Å². The number of amidine groups is 1. The van der Waals surface area contributed by atoms with Crippen molar-refractivity contribution in [1.29, 1.82) is 5.41 Å². The van der Waals surface area contributed by atoms with Crippen molar-refractivity contribution >= 4 is 34.6 Å². The van der Waals surface area contributed by atoms with Crippen molar-refractivity contribution in [2.75, 3.05) is 19.1 Å². The van der Waals surface area contributed by atoms with Crippen molar-refractivity contribution in [2.45, 2.75) is 0 Å². The largest absolute Gasteiger partial charge is 0.497 e. The molecule has 1 heterocycles. The smallest absolute Gasteiger partial charge is 0.271 e. The van der Waals surface area contributed by atoms with Gasteiger partial charge in [-0.05, 0) is 47.7 Å². The van der Waals surface area contributed by atoms with E-state index >= 15 is 0 Å². The maximum atomic E-state index is 12.7. The summed E-state index contributed by atoms with van der Waals surface area (Å²) in [4.78, 5) is 14.6. The number of nitrogens with one attached hydrogen (secondary N) is 1. The molecule has 0 radical (unpaired) electrons. The van der Waals surface area contributed by atoms with E-state index in [0.717, 1.165) is 23.1 Å². The second-order valence-corrected chi connectivity index (χ2v) is 6.03. The fraction of sp³-hybridized carbons (Fsp3) is 0.111. The zero-order valence-electron chi connectivity index (χ0n) is 13.3. The Morgan fingerprint density at radius 3 is 2.42 bits per heavy atom. The number of carbonyl (C=O) groups excluding carboxylic acids is 1. The molecule has 0 bridgehead atoms. The molecule has 0 aromatic heterocycles. The molecule has 0 aliphatic carbocycles. The summed E-state index contributed by atoms with van der Waals surface area (Å²) in [5, 5.41) is 8.31. The number of ether oxygens (including phenoxy) is 2. The molecule has 1 fully saturated rings. The third-order valence-corrected chi connectivity index (χ3v) is 4.45. The topological polar surface area (TPSA) is 62.6 Å². The maximum absolute atomic E-state index is 12.7. The van der Waals surface area contributed by atoms with Crippen molar-refractivity contribution in [2.24, 2.45) is 0 Å². The molecule has 6 heteroatoms. The summed E-state index contributed by atoms with van der Waals surface area (Å²) in [6.07, 6.45) is 1.77. The monoisotopic (exact) mass is 340 g/mol. The van der Waals surface area contributed by atoms with E-state index in [0.29, 0.717) is 16.3 Å². The van der Waals surface area contributed by atoms with Crippen molar-refractivity contribution in [1.82, 2.24) is 0 Å². The number of hydrogen-bond acceptors (Lipinski definition) is 5. The van der Waals surface area contributed by atoms with Crippen LogP contribution in [0.1, 0.15) is 5.56 Å².